The number of halogens is 3. The van der Waals surface area contributed by atoms with Gasteiger partial charge in [0.05, 0.1) is 0 Å². The number of nitrogens with one attached hydrogen (secondary N) is 1. The summed E-state index contributed by atoms with van der Waals surface area (Å²) in [4.78, 5) is 0. The van der Waals surface area contributed by atoms with Crippen molar-refractivity contribution in [1.82, 2.24) is 5.32 Å². The quantitative estimate of drug-likeness (QED) is 0.682. The minimum absolute atomic E-state index is 0.381. The second-order valence-corrected chi connectivity index (χ2v) is 3.49. The van der Waals surface area contributed by atoms with E-state index in [0.29, 0.717) is 6.54 Å². The maximum absolute atomic E-state index is 11.8. The highest BCUT2D eigenvalue weighted by Crippen LogP contribution is 2.32. The molecule has 0 amide bonds. The summed E-state index contributed by atoms with van der Waals surface area (Å²) in [5.74, 6) is 0. The lowest BCUT2D eigenvalue weighted by Gasteiger charge is -2.25. The molecule has 0 fully saturated rings. The van der Waals surface area contributed by atoms with Crippen LogP contribution in [0, 0.1) is 5.41 Å². The van der Waals surface area contributed by atoms with Crippen LogP contribution in [0.3, 0.4) is 0 Å². The molecule has 0 aromatic heterocycles. The van der Waals surface area contributed by atoms with Crippen LogP contribution in [0.4, 0.5) is 13.2 Å². The van der Waals surface area contributed by atoms with E-state index < -0.39 is 18.0 Å². The number of rotatable bonds is 3. The largest absolute Gasteiger partial charge is 0.389 e. The van der Waals surface area contributed by atoms with Gasteiger partial charge in [-0.3, -0.25) is 0 Å². The van der Waals surface area contributed by atoms with Crippen LogP contribution in [-0.2, 0) is 0 Å². The minimum atomic E-state index is -4.06. The fourth-order valence-corrected chi connectivity index (χ4v) is 1.08. The lowest BCUT2D eigenvalue weighted by molar-refractivity contribution is -0.153. The first-order chi connectivity index (χ1) is 4.77. The highest BCUT2D eigenvalue weighted by molar-refractivity contribution is 4.74. The standard InChI is InChI=1S/C7H14F3N/c1-6(2,5-11-3)4-7(8,9)10/h11H,4-5H2,1-3H3. The molecule has 0 spiro atoms. The maximum atomic E-state index is 11.8. The van der Waals surface area contributed by atoms with Gasteiger partial charge in [-0.25, -0.2) is 0 Å². The summed E-state index contributed by atoms with van der Waals surface area (Å²) >= 11 is 0. The van der Waals surface area contributed by atoms with E-state index in [1.807, 2.05) is 0 Å². The number of alkyl halides is 3. The molecule has 1 nitrogen and oxygen atoms in total. The maximum Gasteiger partial charge on any atom is 0.389 e. The fourth-order valence-electron chi connectivity index (χ4n) is 1.08. The SMILES string of the molecule is CNCC(C)(C)CC(F)(F)F. The van der Waals surface area contributed by atoms with Crippen LogP contribution >= 0.6 is 0 Å². The second-order valence-electron chi connectivity index (χ2n) is 3.49. The minimum Gasteiger partial charge on any atom is -0.319 e. The zero-order chi connectivity index (χ0) is 9.12. The van der Waals surface area contributed by atoms with Gasteiger partial charge < -0.3 is 5.32 Å². The predicted molar refractivity (Wildman–Crippen MR) is 38.4 cm³/mol. The molecule has 0 aliphatic heterocycles. The van der Waals surface area contributed by atoms with Gasteiger partial charge in [0, 0.05) is 13.0 Å². The molecule has 0 saturated heterocycles. The molecule has 0 unspecified atom stereocenters. The lowest BCUT2D eigenvalue weighted by atomic mass is 9.89. The van der Waals surface area contributed by atoms with Crippen molar-refractivity contribution >= 4 is 0 Å². The van der Waals surface area contributed by atoms with Crippen molar-refractivity contribution in [3.05, 3.63) is 0 Å². The van der Waals surface area contributed by atoms with Crippen molar-refractivity contribution < 1.29 is 13.2 Å². The van der Waals surface area contributed by atoms with Gasteiger partial charge in [0.25, 0.3) is 0 Å². The molecule has 4 heteroatoms. The normalized spacial score (nSPS) is 13.6. The lowest BCUT2D eigenvalue weighted by Crippen LogP contribution is -2.31. The average Bonchev–Trinajstić information content (AvgIpc) is 1.55. The van der Waals surface area contributed by atoms with E-state index in [2.05, 4.69) is 5.32 Å². The molecular formula is C7H14F3N. The highest BCUT2D eigenvalue weighted by atomic mass is 19.4. The van der Waals surface area contributed by atoms with Gasteiger partial charge in [-0.2, -0.15) is 13.2 Å². The van der Waals surface area contributed by atoms with E-state index in [1.165, 1.54) is 0 Å². The molecule has 0 aromatic rings. The van der Waals surface area contributed by atoms with E-state index in [4.69, 9.17) is 0 Å². The van der Waals surface area contributed by atoms with Crippen molar-refractivity contribution in [3.63, 3.8) is 0 Å². The van der Waals surface area contributed by atoms with Crippen molar-refractivity contribution in [1.29, 1.82) is 0 Å². The van der Waals surface area contributed by atoms with Gasteiger partial charge in [-0.05, 0) is 12.5 Å². The topological polar surface area (TPSA) is 12.0 Å². The Morgan fingerprint density at radius 1 is 1.18 bits per heavy atom. The van der Waals surface area contributed by atoms with E-state index in [0.717, 1.165) is 0 Å². The van der Waals surface area contributed by atoms with Crippen molar-refractivity contribution in [3.8, 4) is 0 Å². The first-order valence-electron chi connectivity index (χ1n) is 3.48. The van der Waals surface area contributed by atoms with Crippen LogP contribution < -0.4 is 5.32 Å². The Morgan fingerprint density at radius 2 is 1.64 bits per heavy atom. The fraction of sp³-hybridized carbons (Fsp3) is 1.00. The van der Waals surface area contributed by atoms with Crippen LogP contribution in [-0.4, -0.2) is 19.8 Å². The summed E-state index contributed by atoms with van der Waals surface area (Å²) < 4.78 is 35.5. The van der Waals surface area contributed by atoms with E-state index >= 15 is 0 Å². The summed E-state index contributed by atoms with van der Waals surface area (Å²) in [7, 11) is 1.65. The molecule has 0 heterocycles. The molecule has 0 aromatic carbocycles. The third-order valence-electron chi connectivity index (χ3n) is 1.33. The van der Waals surface area contributed by atoms with Crippen LogP contribution in [0.1, 0.15) is 20.3 Å². The molecule has 0 saturated carbocycles. The molecule has 11 heavy (non-hydrogen) atoms. The Labute approximate surface area is 65.0 Å². The summed E-state index contributed by atoms with van der Waals surface area (Å²) in [6.07, 6.45) is -4.79. The van der Waals surface area contributed by atoms with Gasteiger partial charge in [0.1, 0.15) is 0 Å². The highest BCUT2D eigenvalue weighted by Gasteiger charge is 2.35. The average molecular weight is 169 g/mol. The molecule has 0 rings (SSSR count). The van der Waals surface area contributed by atoms with E-state index in [1.54, 1.807) is 20.9 Å². The Kier molecular flexibility index (Phi) is 3.35. The predicted octanol–water partition coefficient (Wildman–Crippen LogP) is 2.18. The van der Waals surface area contributed by atoms with Gasteiger partial charge in [-0.1, -0.05) is 13.8 Å². The number of hydrogen-bond acceptors (Lipinski definition) is 1. The Hall–Kier alpha value is -0.250. The number of hydrogen-bond donors (Lipinski definition) is 1. The molecule has 68 valence electrons. The van der Waals surface area contributed by atoms with Crippen molar-refractivity contribution in [2.24, 2.45) is 5.41 Å². The van der Waals surface area contributed by atoms with Gasteiger partial charge in [-0.15, -0.1) is 0 Å². The summed E-state index contributed by atoms with van der Waals surface area (Å²) in [5.41, 5.74) is -0.701. The monoisotopic (exact) mass is 169 g/mol. The molecular weight excluding hydrogens is 155 g/mol. The Bertz CT molecular complexity index is 117. The van der Waals surface area contributed by atoms with Crippen LogP contribution in [0.15, 0.2) is 0 Å². The molecule has 1 N–H and O–H groups in total. The van der Waals surface area contributed by atoms with Crippen molar-refractivity contribution in [2.75, 3.05) is 13.6 Å². The molecule has 0 aliphatic carbocycles. The van der Waals surface area contributed by atoms with Crippen LogP contribution in [0.5, 0.6) is 0 Å². The van der Waals surface area contributed by atoms with Crippen LogP contribution in [0.25, 0.3) is 0 Å². The molecule has 0 bridgehead atoms. The Morgan fingerprint density at radius 3 is 1.91 bits per heavy atom. The zero-order valence-electron chi connectivity index (χ0n) is 7.05. The first-order valence-corrected chi connectivity index (χ1v) is 3.48. The summed E-state index contributed by atoms with van der Waals surface area (Å²) in [6.45, 7) is 3.57. The zero-order valence-corrected chi connectivity index (χ0v) is 7.05. The second kappa shape index (κ2) is 3.43. The smallest absolute Gasteiger partial charge is 0.319 e. The molecule has 0 atom stereocenters. The Balaban J connectivity index is 3.91. The first kappa shape index (κ1) is 10.8. The van der Waals surface area contributed by atoms with Gasteiger partial charge in [0.2, 0.25) is 0 Å². The van der Waals surface area contributed by atoms with Crippen molar-refractivity contribution in [2.45, 2.75) is 26.4 Å². The molecule has 0 aliphatic rings. The van der Waals surface area contributed by atoms with E-state index in [9.17, 15) is 13.2 Å². The molecule has 0 radical (unpaired) electrons. The summed E-state index contributed by atoms with van der Waals surface area (Å²) in [5, 5.41) is 2.73. The van der Waals surface area contributed by atoms with Crippen LogP contribution in [0.2, 0.25) is 0 Å². The third-order valence-corrected chi connectivity index (χ3v) is 1.33. The van der Waals surface area contributed by atoms with Gasteiger partial charge >= 0.3 is 6.18 Å². The third kappa shape index (κ3) is 6.16. The summed E-state index contributed by atoms with van der Waals surface area (Å²) in [6, 6.07) is 0. The van der Waals surface area contributed by atoms with E-state index in [-0.39, 0.29) is 0 Å². The van der Waals surface area contributed by atoms with Gasteiger partial charge in [0.15, 0.2) is 0 Å².